The fourth-order valence-corrected chi connectivity index (χ4v) is 3.10. The number of hydrogen-bond acceptors (Lipinski definition) is 3. The third-order valence-electron chi connectivity index (χ3n) is 4.41. The van der Waals surface area contributed by atoms with E-state index in [1.165, 1.54) is 12.8 Å². The van der Waals surface area contributed by atoms with E-state index in [0.717, 1.165) is 41.2 Å². The minimum absolute atomic E-state index is 0.712. The van der Waals surface area contributed by atoms with Gasteiger partial charge in [0.25, 0.3) is 0 Å². The number of rotatable bonds is 2. The molecule has 1 saturated heterocycles. The van der Waals surface area contributed by atoms with Gasteiger partial charge >= 0.3 is 0 Å². The highest BCUT2D eigenvalue weighted by molar-refractivity contribution is 7.80. The molecular weight excluding hydrogens is 304 g/mol. The molecule has 1 aromatic carbocycles. The van der Waals surface area contributed by atoms with Crippen molar-refractivity contribution in [2.75, 3.05) is 13.1 Å². The lowest BCUT2D eigenvalue weighted by Crippen LogP contribution is -2.42. The number of para-hydroxylation sites is 1. The van der Waals surface area contributed by atoms with Crippen molar-refractivity contribution in [1.29, 1.82) is 0 Å². The highest BCUT2D eigenvalue weighted by Gasteiger charge is 2.17. The van der Waals surface area contributed by atoms with Gasteiger partial charge in [-0.1, -0.05) is 31.2 Å². The molecule has 3 rings (SSSR count). The SMILES string of the molecule is C/C(=N/NC(=S)N1CCC(C)CC1)c1cccc2cccnc12. The molecule has 0 radical (unpaired) electrons. The summed E-state index contributed by atoms with van der Waals surface area (Å²) in [6, 6.07) is 10.1. The van der Waals surface area contributed by atoms with Crippen molar-refractivity contribution in [3.05, 3.63) is 42.1 Å². The Morgan fingerprint density at radius 2 is 2.00 bits per heavy atom. The van der Waals surface area contributed by atoms with E-state index in [1.807, 2.05) is 31.3 Å². The number of aromatic nitrogens is 1. The summed E-state index contributed by atoms with van der Waals surface area (Å²) in [5, 5.41) is 6.31. The molecule has 1 aromatic heterocycles. The lowest BCUT2D eigenvalue weighted by molar-refractivity contribution is 0.278. The molecule has 4 nitrogen and oxygen atoms in total. The molecule has 0 aliphatic carbocycles. The standard InChI is InChI=1S/C18H22N4S/c1-13-8-11-22(12-9-13)18(23)21-20-14(2)16-7-3-5-15-6-4-10-19-17(15)16/h3-7,10,13H,8-9,11-12H2,1-2H3,(H,21,23)/b20-14-. The second-order valence-electron chi connectivity index (χ2n) is 6.16. The predicted octanol–water partition coefficient (Wildman–Crippen LogP) is 3.57. The number of fused-ring (bicyclic) bond motifs is 1. The second kappa shape index (κ2) is 7.04. The molecule has 0 spiro atoms. The molecule has 0 saturated carbocycles. The summed E-state index contributed by atoms with van der Waals surface area (Å²) in [5.74, 6) is 0.793. The molecular formula is C18H22N4S. The molecule has 0 bridgehead atoms. The second-order valence-corrected chi connectivity index (χ2v) is 6.55. The molecule has 0 unspecified atom stereocenters. The number of likely N-dealkylation sites (tertiary alicyclic amines) is 1. The van der Waals surface area contributed by atoms with Gasteiger partial charge in [0.15, 0.2) is 5.11 Å². The Hall–Kier alpha value is -2.01. The van der Waals surface area contributed by atoms with Gasteiger partial charge in [0.2, 0.25) is 0 Å². The zero-order valence-electron chi connectivity index (χ0n) is 13.6. The van der Waals surface area contributed by atoms with Crippen molar-refractivity contribution >= 4 is 33.9 Å². The maximum atomic E-state index is 5.47. The van der Waals surface area contributed by atoms with Crippen LogP contribution in [0.3, 0.4) is 0 Å². The molecule has 2 aromatic rings. The van der Waals surface area contributed by atoms with Gasteiger partial charge in [-0.05, 0) is 44.0 Å². The quantitative estimate of drug-likeness (QED) is 0.520. The van der Waals surface area contributed by atoms with Crippen molar-refractivity contribution < 1.29 is 0 Å². The first-order valence-electron chi connectivity index (χ1n) is 8.08. The van der Waals surface area contributed by atoms with E-state index in [4.69, 9.17) is 12.2 Å². The first-order valence-corrected chi connectivity index (χ1v) is 8.49. The van der Waals surface area contributed by atoms with Crippen LogP contribution in [0.25, 0.3) is 10.9 Å². The van der Waals surface area contributed by atoms with Crippen LogP contribution in [0.15, 0.2) is 41.6 Å². The Morgan fingerprint density at radius 3 is 2.78 bits per heavy atom. The summed E-state index contributed by atoms with van der Waals surface area (Å²) >= 11 is 5.47. The van der Waals surface area contributed by atoms with Gasteiger partial charge in [-0.2, -0.15) is 5.10 Å². The fraction of sp³-hybridized carbons (Fsp3) is 0.389. The van der Waals surface area contributed by atoms with Crippen LogP contribution in [-0.2, 0) is 0 Å². The van der Waals surface area contributed by atoms with Gasteiger partial charge in [0.05, 0.1) is 11.2 Å². The van der Waals surface area contributed by atoms with Crippen molar-refractivity contribution in [3.8, 4) is 0 Å². The van der Waals surface area contributed by atoms with E-state index in [1.54, 1.807) is 0 Å². The van der Waals surface area contributed by atoms with E-state index < -0.39 is 0 Å². The monoisotopic (exact) mass is 326 g/mol. The molecule has 120 valence electrons. The summed E-state index contributed by atoms with van der Waals surface area (Å²) in [4.78, 5) is 6.68. The zero-order valence-corrected chi connectivity index (χ0v) is 14.4. The topological polar surface area (TPSA) is 40.5 Å². The molecule has 5 heteroatoms. The lowest BCUT2D eigenvalue weighted by atomic mass is 10.00. The Kier molecular flexibility index (Phi) is 4.86. The highest BCUT2D eigenvalue weighted by Crippen LogP contribution is 2.17. The van der Waals surface area contributed by atoms with E-state index in [0.29, 0.717) is 5.11 Å². The number of hydrogen-bond donors (Lipinski definition) is 1. The minimum atomic E-state index is 0.712. The van der Waals surface area contributed by atoms with Gasteiger partial charge in [-0.15, -0.1) is 0 Å². The molecule has 23 heavy (non-hydrogen) atoms. The van der Waals surface area contributed by atoms with E-state index >= 15 is 0 Å². The Morgan fingerprint density at radius 1 is 1.26 bits per heavy atom. The fourth-order valence-electron chi connectivity index (χ4n) is 2.87. The molecule has 1 N–H and O–H groups in total. The number of nitrogens with zero attached hydrogens (tertiary/aromatic N) is 3. The lowest BCUT2D eigenvalue weighted by Gasteiger charge is -2.31. The van der Waals surface area contributed by atoms with Crippen LogP contribution in [0.5, 0.6) is 0 Å². The van der Waals surface area contributed by atoms with E-state index in [2.05, 4.69) is 39.5 Å². The number of thiocarbonyl (C=S) groups is 1. The third-order valence-corrected chi connectivity index (χ3v) is 4.76. The Labute approximate surface area is 142 Å². The van der Waals surface area contributed by atoms with Gasteiger partial charge in [-0.3, -0.25) is 10.4 Å². The van der Waals surface area contributed by atoms with Crippen LogP contribution in [0, 0.1) is 5.92 Å². The normalized spacial score (nSPS) is 16.6. The molecule has 0 amide bonds. The number of piperidine rings is 1. The summed E-state index contributed by atoms with van der Waals surface area (Å²) in [6.45, 7) is 6.30. The highest BCUT2D eigenvalue weighted by atomic mass is 32.1. The van der Waals surface area contributed by atoms with Crippen LogP contribution in [0.1, 0.15) is 32.3 Å². The molecule has 2 heterocycles. The van der Waals surface area contributed by atoms with Crippen LogP contribution >= 0.6 is 12.2 Å². The summed E-state index contributed by atoms with van der Waals surface area (Å²) in [6.07, 6.45) is 4.20. The molecule has 1 fully saturated rings. The summed E-state index contributed by atoms with van der Waals surface area (Å²) < 4.78 is 0. The van der Waals surface area contributed by atoms with Gasteiger partial charge in [-0.25, -0.2) is 0 Å². The van der Waals surface area contributed by atoms with Crippen LogP contribution in [0.2, 0.25) is 0 Å². The number of nitrogens with one attached hydrogen (secondary N) is 1. The largest absolute Gasteiger partial charge is 0.348 e. The predicted molar refractivity (Wildman–Crippen MR) is 99.7 cm³/mol. The molecule has 1 aliphatic heterocycles. The number of pyridine rings is 1. The number of benzene rings is 1. The zero-order chi connectivity index (χ0) is 16.2. The van der Waals surface area contributed by atoms with Gasteiger partial charge in [0.1, 0.15) is 0 Å². The van der Waals surface area contributed by atoms with E-state index in [9.17, 15) is 0 Å². The van der Waals surface area contributed by atoms with Crippen molar-refractivity contribution in [2.45, 2.75) is 26.7 Å². The first-order chi connectivity index (χ1) is 11.1. The van der Waals surface area contributed by atoms with Crippen molar-refractivity contribution in [3.63, 3.8) is 0 Å². The summed E-state index contributed by atoms with van der Waals surface area (Å²) in [7, 11) is 0. The van der Waals surface area contributed by atoms with Crippen LogP contribution in [0.4, 0.5) is 0 Å². The molecule has 0 atom stereocenters. The Bertz CT molecular complexity index is 727. The first kappa shape index (κ1) is 15.9. The maximum Gasteiger partial charge on any atom is 0.189 e. The van der Waals surface area contributed by atoms with Crippen LogP contribution < -0.4 is 5.43 Å². The smallest absolute Gasteiger partial charge is 0.189 e. The minimum Gasteiger partial charge on any atom is -0.348 e. The average molecular weight is 326 g/mol. The van der Waals surface area contributed by atoms with E-state index in [-0.39, 0.29) is 0 Å². The summed E-state index contributed by atoms with van der Waals surface area (Å²) in [5.41, 5.74) is 5.94. The maximum absolute atomic E-state index is 5.47. The average Bonchev–Trinajstić information content (AvgIpc) is 2.59. The van der Waals surface area contributed by atoms with Gasteiger partial charge < -0.3 is 4.90 Å². The third kappa shape index (κ3) is 3.67. The van der Waals surface area contributed by atoms with Crippen LogP contribution in [-0.4, -0.2) is 33.8 Å². The number of hydrazone groups is 1. The van der Waals surface area contributed by atoms with Crippen molar-refractivity contribution in [1.82, 2.24) is 15.3 Å². The Balaban J connectivity index is 1.73. The van der Waals surface area contributed by atoms with Crippen molar-refractivity contribution in [2.24, 2.45) is 11.0 Å². The van der Waals surface area contributed by atoms with Gasteiger partial charge in [0, 0.05) is 30.2 Å². The molecule has 1 aliphatic rings.